The van der Waals surface area contributed by atoms with Gasteiger partial charge in [0.05, 0.1) is 9.82 Å². The first-order valence-electron chi connectivity index (χ1n) is 8.44. The van der Waals surface area contributed by atoms with Gasteiger partial charge in [-0.25, -0.2) is 13.6 Å². The van der Waals surface area contributed by atoms with E-state index in [9.17, 15) is 18.5 Å². The van der Waals surface area contributed by atoms with E-state index in [1.54, 1.807) is 0 Å². The number of nitro groups is 1. The summed E-state index contributed by atoms with van der Waals surface area (Å²) in [5.74, 6) is 0.538. The number of piperidine rings is 1. The summed E-state index contributed by atoms with van der Waals surface area (Å²) in [4.78, 5) is 12.5. The first-order chi connectivity index (χ1) is 12.3. The third kappa shape index (κ3) is 4.20. The summed E-state index contributed by atoms with van der Waals surface area (Å²) in [5, 5.41) is 16.5. The van der Waals surface area contributed by atoms with Gasteiger partial charge >= 0.3 is 0 Å². The minimum absolute atomic E-state index is 0.224. The Bertz CT molecular complexity index is 892. The van der Waals surface area contributed by atoms with Gasteiger partial charge in [0.2, 0.25) is 10.0 Å². The Balaban J connectivity index is 1.74. The lowest BCUT2D eigenvalue weighted by atomic mass is 9.90. The molecule has 0 atom stereocenters. The molecule has 26 heavy (non-hydrogen) atoms. The van der Waals surface area contributed by atoms with Crippen LogP contribution < -0.4 is 10.0 Å². The van der Waals surface area contributed by atoms with Crippen molar-refractivity contribution in [2.24, 2.45) is 11.1 Å². The smallest absolute Gasteiger partial charge is 0.293 e. The Labute approximate surface area is 152 Å². The van der Waals surface area contributed by atoms with Gasteiger partial charge in [-0.1, -0.05) is 30.3 Å². The second-order valence-electron chi connectivity index (χ2n) is 6.57. The van der Waals surface area contributed by atoms with Crippen molar-refractivity contribution in [1.82, 2.24) is 0 Å². The molecular weight excluding hydrogens is 354 g/mol. The molecule has 8 heteroatoms. The molecule has 2 N–H and O–H groups in total. The Morgan fingerprint density at radius 2 is 1.77 bits per heavy atom. The van der Waals surface area contributed by atoms with E-state index in [-0.39, 0.29) is 10.6 Å². The first-order valence-corrected chi connectivity index (χ1v) is 9.99. The standard InChI is InChI=1S/C18H21N3O4S/c19-26(24,25)16-6-7-17(18(13-16)21(22)23)20-10-8-15(9-11-20)12-14-4-2-1-3-5-14/h1-7,13,15H,8-12H2,(H2,19,24,25). The van der Waals surface area contributed by atoms with Crippen LogP contribution in [-0.2, 0) is 16.4 Å². The van der Waals surface area contributed by atoms with Crippen LogP contribution in [0.15, 0.2) is 53.4 Å². The quantitative estimate of drug-likeness (QED) is 0.639. The van der Waals surface area contributed by atoms with Crippen molar-refractivity contribution in [2.45, 2.75) is 24.2 Å². The lowest BCUT2D eigenvalue weighted by molar-refractivity contribution is -0.384. The number of nitrogens with two attached hydrogens (primary N) is 1. The van der Waals surface area contributed by atoms with Crippen LogP contribution in [0.5, 0.6) is 0 Å². The molecule has 1 aliphatic heterocycles. The number of benzene rings is 2. The monoisotopic (exact) mass is 375 g/mol. The summed E-state index contributed by atoms with van der Waals surface area (Å²) in [5.41, 5.74) is 1.52. The van der Waals surface area contributed by atoms with Gasteiger partial charge in [0.25, 0.3) is 5.69 Å². The van der Waals surface area contributed by atoms with Gasteiger partial charge in [-0.15, -0.1) is 0 Å². The van der Waals surface area contributed by atoms with Crippen LogP contribution in [-0.4, -0.2) is 26.4 Å². The average molecular weight is 375 g/mol. The summed E-state index contributed by atoms with van der Waals surface area (Å²) < 4.78 is 22.9. The van der Waals surface area contributed by atoms with Crippen molar-refractivity contribution in [3.8, 4) is 0 Å². The van der Waals surface area contributed by atoms with E-state index in [1.165, 1.54) is 17.7 Å². The molecule has 3 rings (SSSR count). The zero-order valence-corrected chi connectivity index (χ0v) is 15.1. The van der Waals surface area contributed by atoms with Crippen molar-refractivity contribution in [2.75, 3.05) is 18.0 Å². The van der Waals surface area contributed by atoms with Gasteiger partial charge in [0.1, 0.15) is 5.69 Å². The van der Waals surface area contributed by atoms with E-state index in [0.29, 0.717) is 24.7 Å². The van der Waals surface area contributed by atoms with Crippen molar-refractivity contribution < 1.29 is 13.3 Å². The van der Waals surface area contributed by atoms with Crippen molar-refractivity contribution >= 4 is 21.4 Å². The van der Waals surface area contributed by atoms with Crippen LogP contribution in [0.3, 0.4) is 0 Å². The molecule has 0 spiro atoms. The zero-order chi connectivity index (χ0) is 18.7. The Morgan fingerprint density at radius 1 is 1.12 bits per heavy atom. The highest BCUT2D eigenvalue weighted by Crippen LogP contribution is 2.33. The summed E-state index contributed by atoms with van der Waals surface area (Å²) >= 11 is 0. The first kappa shape index (κ1) is 18.3. The number of hydrogen-bond donors (Lipinski definition) is 1. The molecule has 2 aromatic carbocycles. The second kappa shape index (κ2) is 7.43. The molecule has 7 nitrogen and oxygen atoms in total. The molecule has 1 heterocycles. The Hall–Kier alpha value is -2.45. The molecule has 0 unspecified atom stereocenters. The van der Waals surface area contributed by atoms with Gasteiger partial charge in [0, 0.05) is 19.2 Å². The number of sulfonamides is 1. The van der Waals surface area contributed by atoms with E-state index in [0.717, 1.165) is 25.3 Å². The van der Waals surface area contributed by atoms with E-state index in [4.69, 9.17) is 5.14 Å². The summed E-state index contributed by atoms with van der Waals surface area (Å²) in [7, 11) is -3.97. The molecule has 0 aromatic heterocycles. The fraction of sp³-hybridized carbons (Fsp3) is 0.333. The Morgan fingerprint density at radius 3 is 2.35 bits per heavy atom. The van der Waals surface area contributed by atoms with Crippen LogP contribution in [0.25, 0.3) is 0 Å². The van der Waals surface area contributed by atoms with Gasteiger partial charge < -0.3 is 4.90 Å². The lowest BCUT2D eigenvalue weighted by Gasteiger charge is -2.33. The van der Waals surface area contributed by atoms with Crippen molar-refractivity contribution in [1.29, 1.82) is 0 Å². The molecule has 0 amide bonds. The molecular formula is C18H21N3O4S. The topological polar surface area (TPSA) is 107 Å². The molecule has 0 aliphatic carbocycles. The fourth-order valence-electron chi connectivity index (χ4n) is 3.42. The SMILES string of the molecule is NS(=O)(=O)c1ccc(N2CCC(Cc3ccccc3)CC2)c([N+](=O)[O-])c1. The summed E-state index contributed by atoms with van der Waals surface area (Å²) in [6.45, 7) is 1.40. The third-order valence-electron chi connectivity index (χ3n) is 4.79. The van der Waals surface area contributed by atoms with Crippen LogP contribution in [0, 0.1) is 16.0 Å². The number of hydrogen-bond acceptors (Lipinski definition) is 5. The highest BCUT2D eigenvalue weighted by atomic mass is 32.2. The fourth-order valence-corrected chi connectivity index (χ4v) is 3.95. The predicted octanol–water partition coefficient (Wildman–Crippen LogP) is 2.70. The third-order valence-corrected chi connectivity index (χ3v) is 5.71. The molecule has 1 aliphatic rings. The molecule has 138 valence electrons. The highest BCUT2D eigenvalue weighted by molar-refractivity contribution is 7.89. The second-order valence-corrected chi connectivity index (χ2v) is 8.13. The number of nitro benzene ring substituents is 1. The van der Waals surface area contributed by atoms with Gasteiger partial charge in [0.15, 0.2) is 0 Å². The Kier molecular flexibility index (Phi) is 5.24. The number of rotatable bonds is 5. The van der Waals surface area contributed by atoms with E-state index < -0.39 is 14.9 Å². The molecule has 1 saturated heterocycles. The molecule has 0 bridgehead atoms. The zero-order valence-electron chi connectivity index (χ0n) is 14.2. The molecule has 0 saturated carbocycles. The van der Waals surface area contributed by atoms with Crippen molar-refractivity contribution in [3.05, 3.63) is 64.2 Å². The molecule has 1 fully saturated rings. The maximum absolute atomic E-state index is 11.5. The summed E-state index contributed by atoms with van der Waals surface area (Å²) in [6, 6.07) is 14.1. The van der Waals surface area contributed by atoms with Gasteiger partial charge in [-0.2, -0.15) is 0 Å². The predicted molar refractivity (Wildman–Crippen MR) is 99.6 cm³/mol. The van der Waals surface area contributed by atoms with Crippen LogP contribution in [0.1, 0.15) is 18.4 Å². The van der Waals surface area contributed by atoms with Crippen LogP contribution >= 0.6 is 0 Å². The minimum atomic E-state index is -3.97. The maximum atomic E-state index is 11.5. The highest BCUT2D eigenvalue weighted by Gasteiger charge is 2.26. The van der Waals surface area contributed by atoms with E-state index >= 15 is 0 Å². The molecule has 0 radical (unpaired) electrons. The lowest BCUT2D eigenvalue weighted by Crippen LogP contribution is -2.34. The van der Waals surface area contributed by atoms with E-state index in [2.05, 4.69) is 12.1 Å². The van der Waals surface area contributed by atoms with Gasteiger partial charge in [-0.05, 0) is 42.9 Å². The largest absolute Gasteiger partial charge is 0.366 e. The van der Waals surface area contributed by atoms with Crippen LogP contribution in [0.2, 0.25) is 0 Å². The average Bonchev–Trinajstić information content (AvgIpc) is 2.62. The normalized spacial score (nSPS) is 15.8. The maximum Gasteiger partial charge on any atom is 0.293 e. The van der Waals surface area contributed by atoms with Crippen LogP contribution in [0.4, 0.5) is 11.4 Å². The molecule has 2 aromatic rings. The minimum Gasteiger partial charge on any atom is -0.366 e. The van der Waals surface area contributed by atoms with E-state index in [1.807, 2.05) is 23.1 Å². The number of anilines is 1. The van der Waals surface area contributed by atoms with Crippen molar-refractivity contribution in [3.63, 3.8) is 0 Å². The van der Waals surface area contributed by atoms with Gasteiger partial charge in [-0.3, -0.25) is 10.1 Å². The summed E-state index contributed by atoms with van der Waals surface area (Å²) in [6.07, 6.45) is 2.87. The number of primary sulfonamides is 1. The number of nitrogens with zero attached hydrogens (tertiary/aromatic N) is 2.